The maximum absolute atomic E-state index is 4.34. The van der Waals surface area contributed by atoms with Gasteiger partial charge in [0.2, 0.25) is 0 Å². The van der Waals surface area contributed by atoms with Crippen molar-refractivity contribution in [1.82, 2.24) is 20.2 Å². The Balaban J connectivity index is 1.73. The summed E-state index contributed by atoms with van der Waals surface area (Å²) in [6.45, 7) is 2.82. The van der Waals surface area contributed by atoms with Crippen molar-refractivity contribution in [3.05, 3.63) is 18.2 Å². The van der Waals surface area contributed by atoms with Crippen LogP contribution in [0.15, 0.2) is 17.5 Å². The molecule has 0 fully saturated rings. The molecular formula is C9H15N5. The number of aliphatic imine (C=N–C) groups is 1. The maximum Gasteiger partial charge on any atom is 0.193 e. The molecule has 0 radical (unpaired) electrons. The van der Waals surface area contributed by atoms with Gasteiger partial charge < -0.3 is 15.2 Å². The molecule has 1 aliphatic rings. The van der Waals surface area contributed by atoms with Crippen LogP contribution in [-0.2, 0) is 6.42 Å². The van der Waals surface area contributed by atoms with Crippen molar-refractivity contribution in [3.63, 3.8) is 0 Å². The second-order valence-electron chi connectivity index (χ2n) is 3.38. The van der Waals surface area contributed by atoms with Crippen molar-refractivity contribution in [2.75, 3.05) is 26.7 Å². The molecule has 0 spiro atoms. The number of aromatic nitrogens is 2. The molecule has 0 aromatic carbocycles. The van der Waals surface area contributed by atoms with Gasteiger partial charge in [0.05, 0.1) is 12.9 Å². The molecule has 14 heavy (non-hydrogen) atoms. The first-order valence-corrected chi connectivity index (χ1v) is 4.83. The van der Waals surface area contributed by atoms with Crippen molar-refractivity contribution in [1.29, 1.82) is 0 Å². The number of aromatic amines is 1. The van der Waals surface area contributed by atoms with E-state index in [1.165, 1.54) is 0 Å². The Kier molecular flexibility index (Phi) is 2.67. The highest BCUT2D eigenvalue weighted by Gasteiger charge is 2.10. The van der Waals surface area contributed by atoms with Gasteiger partial charge in [-0.25, -0.2) is 4.98 Å². The summed E-state index contributed by atoms with van der Waals surface area (Å²) in [5.41, 5.74) is 1.15. The minimum absolute atomic E-state index is 0.894. The smallest absolute Gasteiger partial charge is 0.193 e. The van der Waals surface area contributed by atoms with Crippen LogP contribution in [0.1, 0.15) is 5.69 Å². The van der Waals surface area contributed by atoms with Crippen molar-refractivity contribution in [3.8, 4) is 0 Å². The zero-order valence-corrected chi connectivity index (χ0v) is 8.32. The number of nitrogens with one attached hydrogen (secondary N) is 2. The number of hydrogen-bond acceptors (Lipinski definition) is 4. The van der Waals surface area contributed by atoms with E-state index >= 15 is 0 Å². The van der Waals surface area contributed by atoms with Crippen LogP contribution in [0.2, 0.25) is 0 Å². The third-order valence-corrected chi connectivity index (χ3v) is 2.29. The van der Waals surface area contributed by atoms with Gasteiger partial charge in [0, 0.05) is 38.4 Å². The van der Waals surface area contributed by atoms with E-state index in [1.54, 1.807) is 6.33 Å². The van der Waals surface area contributed by atoms with Crippen LogP contribution in [0.25, 0.3) is 0 Å². The van der Waals surface area contributed by atoms with E-state index in [-0.39, 0.29) is 0 Å². The second kappa shape index (κ2) is 4.13. The highest BCUT2D eigenvalue weighted by Crippen LogP contribution is 1.96. The van der Waals surface area contributed by atoms with E-state index < -0.39 is 0 Å². The molecule has 0 amide bonds. The lowest BCUT2D eigenvalue weighted by Crippen LogP contribution is -2.36. The lowest BCUT2D eigenvalue weighted by molar-refractivity contribution is 0.534. The summed E-state index contributed by atoms with van der Waals surface area (Å²) >= 11 is 0. The second-order valence-corrected chi connectivity index (χ2v) is 3.38. The van der Waals surface area contributed by atoms with Crippen LogP contribution in [0, 0.1) is 0 Å². The molecule has 1 aliphatic heterocycles. The quantitative estimate of drug-likeness (QED) is 0.701. The number of likely N-dealkylation sites (N-methyl/N-ethyl adjacent to an activating group) is 1. The predicted molar refractivity (Wildman–Crippen MR) is 55.2 cm³/mol. The molecule has 76 valence electrons. The number of rotatable bonds is 3. The first-order chi connectivity index (χ1) is 6.86. The molecule has 5 heteroatoms. The fourth-order valence-corrected chi connectivity index (χ4v) is 1.45. The van der Waals surface area contributed by atoms with Gasteiger partial charge in [0.1, 0.15) is 0 Å². The van der Waals surface area contributed by atoms with E-state index in [9.17, 15) is 0 Å². The van der Waals surface area contributed by atoms with Crippen LogP contribution >= 0.6 is 0 Å². The van der Waals surface area contributed by atoms with E-state index in [2.05, 4.69) is 32.2 Å². The van der Waals surface area contributed by atoms with Gasteiger partial charge in [0.15, 0.2) is 5.96 Å². The van der Waals surface area contributed by atoms with Gasteiger partial charge in [-0.15, -0.1) is 0 Å². The molecule has 0 unspecified atom stereocenters. The summed E-state index contributed by atoms with van der Waals surface area (Å²) in [4.78, 5) is 13.5. The summed E-state index contributed by atoms with van der Waals surface area (Å²) in [7, 11) is 2.05. The van der Waals surface area contributed by atoms with Crippen LogP contribution in [0.3, 0.4) is 0 Å². The third-order valence-electron chi connectivity index (χ3n) is 2.29. The zero-order chi connectivity index (χ0) is 9.80. The number of guanidine groups is 1. The highest BCUT2D eigenvalue weighted by atomic mass is 15.3. The first-order valence-electron chi connectivity index (χ1n) is 4.83. The van der Waals surface area contributed by atoms with Crippen molar-refractivity contribution < 1.29 is 0 Å². The van der Waals surface area contributed by atoms with Gasteiger partial charge in [0.25, 0.3) is 0 Å². The van der Waals surface area contributed by atoms with Gasteiger partial charge >= 0.3 is 0 Å². The molecule has 0 saturated heterocycles. The lowest BCUT2D eigenvalue weighted by Gasteiger charge is -2.14. The summed E-state index contributed by atoms with van der Waals surface area (Å²) in [5, 5.41) is 3.30. The van der Waals surface area contributed by atoms with Crippen molar-refractivity contribution >= 4 is 5.96 Å². The molecule has 2 rings (SSSR count). The molecule has 0 saturated carbocycles. The Hall–Kier alpha value is -1.52. The largest absolute Gasteiger partial charge is 0.356 e. The Labute approximate surface area is 83.2 Å². The average Bonchev–Trinajstić information content (AvgIpc) is 2.78. The third kappa shape index (κ3) is 2.04. The van der Waals surface area contributed by atoms with E-state index in [1.807, 2.05) is 6.20 Å². The number of H-pyrrole nitrogens is 1. The fourth-order valence-electron chi connectivity index (χ4n) is 1.45. The molecule has 2 N–H and O–H groups in total. The Morgan fingerprint density at radius 3 is 3.21 bits per heavy atom. The molecule has 0 bridgehead atoms. The molecule has 1 aromatic rings. The number of hydrogen-bond donors (Lipinski definition) is 2. The molecule has 0 atom stereocenters. The summed E-state index contributed by atoms with van der Waals surface area (Å²) in [6, 6.07) is 0. The van der Waals surface area contributed by atoms with Gasteiger partial charge in [-0.05, 0) is 0 Å². The summed E-state index contributed by atoms with van der Waals surface area (Å²) in [6.07, 6.45) is 4.50. The monoisotopic (exact) mass is 193 g/mol. The van der Waals surface area contributed by atoms with Gasteiger partial charge in [-0.1, -0.05) is 0 Å². The van der Waals surface area contributed by atoms with Crippen LogP contribution in [0.5, 0.6) is 0 Å². The zero-order valence-electron chi connectivity index (χ0n) is 8.32. The highest BCUT2D eigenvalue weighted by molar-refractivity contribution is 5.81. The van der Waals surface area contributed by atoms with Crippen molar-refractivity contribution in [2.45, 2.75) is 6.42 Å². The maximum atomic E-state index is 4.34. The van der Waals surface area contributed by atoms with Gasteiger partial charge in [-0.3, -0.25) is 4.99 Å². The molecule has 0 aliphatic carbocycles. The lowest BCUT2D eigenvalue weighted by atomic mass is 10.3. The van der Waals surface area contributed by atoms with E-state index in [0.717, 1.165) is 37.7 Å². The predicted octanol–water partition coefficient (Wildman–Crippen LogP) is -0.157. The molecule has 1 aromatic heterocycles. The average molecular weight is 193 g/mol. The van der Waals surface area contributed by atoms with E-state index in [0.29, 0.717) is 0 Å². The Morgan fingerprint density at radius 2 is 2.57 bits per heavy atom. The number of nitrogens with zero attached hydrogens (tertiary/aromatic N) is 3. The van der Waals surface area contributed by atoms with Crippen molar-refractivity contribution in [2.24, 2.45) is 4.99 Å². The summed E-state index contributed by atoms with van der Waals surface area (Å²) in [5.74, 6) is 1.00. The Morgan fingerprint density at radius 1 is 1.64 bits per heavy atom. The minimum Gasteiger partial charge on any atom is -0.356 e. The van der Waals surface area contributed by atoms with E-state index in [4.69, 9.17) is 0 Å². The van der Waals surface area contributed by atoms with Crippen LogP contribution in [0.4, 0.5) is 0 Å². The fraction of sp³-hybridized carbons (Fsp3) is 0.556. The van der Waals surface area contributed by atoms with Crippen LogP contribution < -0.4 is 5.32 Å². The normalized spacial score (nSPS) is 15.8. The molecule has 2 heterocycles. The standard InChI is InChI=1S/C9H15N5/c1-14-5-4-12-9(14)11-3-2-8-6-10-7-13-8/h6-7H,2-5H2,1H3,(H,10,13)(H,11,12). The first kappa shape index (κ1) is 9.05. The molecule has 5 nitrogen and oxygen atoms in total. The molecular weight excluding hydrogens is 178 g/mol. The topological polar surface area (TPSA) is 56.3 Å². The Bertz CT molecular complexity index is 303. The SMILES string of the molecule is CN1CCN=C1NCCc1cnc[nH]1. The van der Waals surface area contributed by atoms with Crippen LogP contribution in [-0.4, -0.2) is 47.5 Å². The van der Waals surface area contributed by atoms with Gasteiger partial charge in [-0.2, -0.15) is 0 Å². The minimum atomic E-state index is 0.894. The number of imidazole rings is 1. The summed E-state index contributed by atoms with van der Waals surface area (Å²) < 4.78 is 0.